The van der Waals surface area contributed by atoms with Crippen molar-refractivity contribution < 1.29 is 0 Å². The van der Waals surface area contributed by atoms with E-state index < -0.39 is 0 Å². The van der Waals surface area contributed by atoms with Gasteiger partial charge in [0.15, 0.2) is 0 Å². The fourth-order valence-electron chi connectivity index (χ4n) is 2.18. The molecular formula is C22H48N2OS2. The van der Waals surface area contributed by atoms with Crippen LogP contribution in [0.2, 0.25) is 0 Å². The molecule has 0 heterocycles. The van der Waals surface area contributed by atoms with Crippen LogP contribution in [0.3, 0.4) is 0 Å². The number of rotatable bonds is 9. The van der Waals surface area contributed by atoms with Crippen LogP contribution in [-0.4, -0.2) is 37.8 Å². The summed E-state index contributed by atoms with van der Waals surface area (Å²) in [7, 11) is 2.16. The predicted octanol–water partition coefficient (Wildman–Crippen LogP) is 6.76. The molecule has 1 rings (SSSR count). The van der Waals surface area contributed by atoms with Crippen LogP contribution in [0.15, 0.2) is 4.79 Å². The molecule has 0 unspecified atom stereocenters. The summed E-state index contributed by atoms with van der Waals surface area (Å²) in [5.41, 5.74) is 1.84. The van der Waals surface area contributed by atoms with Gasteiger partial charge in [-0.05, 0) is 52.1 Å². The molecule has 0 radical (unpaired) electrons. The van der Waals surface area contributed by atoms with Gasteiger partial charge in [0.2, 0.25) is 5.43 Å². The van der Waals surface area contributed by atoms with Gasteiger partial charge in [0.1, 0.15) is 0 Å². The molecule has 0 aromatic heterocycles. The molecule has 0 saturated heterocycles. The lowest BCUT2D eigenvalue weighted by molar-refractivity contribution is 0.328. The molecule has 1 N–H and O–H groups in total. The molecule has 5 heteroatoms. The van der Waals surface area contributed by atoms with E-state index in [1.54, 1.807) is 6.26 Å². The van der Waals surface area contributed by atoms with Crippen molar-refractivity contribution in [3.05, 3.63) is 20.3 Å². The SMILES string of the molecule is CC.CC.CCC.CCCN(C)CCCCNc1c(CC)c(=S)c1=O.CS. The summed E-state index contributed by atoms with van der Waals surface area (Å²) in [5, 5.41) is 3.23. The highest BCUT2D eigenvalue weighted by atomic mass is 32.1. The first kappa shape index (κ1) is 34.1. The lowest BCUT2D eigenvalue weighted by Gasteiger charge is -2.16. The topological polar surface area (TPSA) is 32.3 Å². The zero-order valence-corrected chi connectivity index (χ0v) is 21.6. The maximum Gasteiger partial charge on any atom is 0.220 e. The molecule has 0 aliphatic rings. The van der Waals surface area contributed by atoms with E-state index >= 15 is 0 Å². The summed E-state index contributed by atoms with van der Waals surface area (Å²) in [6, 6.07) is 0. The molecule has 0 fully saturated rings. The van der Waals surface area contributed by atoms with Crippen LogP contribution in [0.4, 0.5) is 5.69 Å². The van der Waals surface area contributed by atoms with Gasteiger partial charge in [-0.2, -0.15) is 12.6 Å². The second-order valence-corrected chi connectivity index (χ2v) is 5.92. The first-order valence-electron chi connectivity index (χ1n) is 10.7. The van der Waals surface area contributed by atoms with Crippen LogP contribution in [-0.2, 0) is 6.42 Å². The predicted molar refractivity (Wildman–Crippen MR) is 134 cm³/mol. The maximum absolute atomic E-state index is 11.5. The van der Waals surface area contributed by atoms with E-state index in [1.807, 2.05) is 34.6 Å². The van der Waals surface area contributed by atoms with Crippen molar-refractivity contribution in [3.63, 3.8) is 0 Å². The minimum absolute atomic E-state index is 0.0324. The van der Waals surface area contributed by atoms with Crippen molar-refractivity contribution in [2.24, 2.45) is 0 Å². The van der Waals surface area contributed by atoms with Crippen molar-refractivity contribution in [1.82, 2.24) is 4.90 Å². The molecule has 0 aliphatic carbocycles. The van der Waals surface area contributed by atoms with Crippen LogP contribution in [0.1, 0.15) is 86.6 Å². The minimum atomic E-state index is 0.0324. The van der Waals surface area contributed by atoms with Crippen molar-refractivity contribution in [3.8, 4) is 0 Å². The summed E-state index contributed by atoms with van der Waals surface area (Å²) in [5.74, 6) is 0. The lowest BCUT2D eigenvalue weighted by Crippen LogP contribution is -2.23. The molecule has 0 amide bonds. The molecule has 0 spiro atoms. The van der Waals surface area contributed by atoms with Gasteiger partial charge in [-0.1, -0.05) is 74.0 Å². The Balaban J connectivity index is -0.000000253. The summed E-state index contributed by atoms with van der Waals surface area (Å²) in [6.07, 6.45) is 7.26. The Hall–Kier alpha value is -0.390. The highest BCUT2D eigenvalue weighted by Crippen LogP contribution is 2.16. The standard InChI is InChI=1S/C14H24N2OS.C3H8.2C2H6.CH4S/c1-4-9-16(3)10-7-6-8-15-12-11(5-2)14(18)13(12)17;1-3-2;3*1-2/h15H,4-10H2,1-3H3;3H2,1-2H3;2*1-2H3;2H,1H3. The third-order valence-electron chi connectivity index (χ3n) is 3.24. The van der Waals surface area contributed by atoms with Gasteiger partial charge in [0, 0.05) is 12.1 Å². The summed E-state index contributed by atoms with van der Waals surface area (Å²) in [4.78, 5) is 13.9. The van der Waals surface area contributed by atoms with Crippen LogP contribution in [0.5, 0.6) is 0 Å². The maximum atomic E-state index is 11.5. The van der Waals surface area contributed by atoms with Gasteiger partial charge >= 0.3 is 0 Å². The van der Waals surface area contributed by atoms with E-state index in [2.05, 4.69) is 50.7 Å². The van der Waals surface area contributed by atoms with Crippen molar-refractivity contribution in [2.45, 2.75) is 87.5 Å². The molecule has 0 saturated carbocycles. The zero-order valence-electron chi connectivity index (χ0n) is 19.9. The van der Waals surface area contributed by atoms with Crippen LogP contribution in [0.25, 0.3) is 0 Å². The third-order valence-corrected chi connectivity index (χ3v) is 3.67. The Bertz CT molecular complexity index is 455. The third kappa shape index (κ3) is 17.4. The van der Waals surface area contributed by atoms with E-state index in [9.17, 15) is 4.79 Å². The van der Waals surface area contributed by atoms with Gasteiger partial charge < -0.3 is 10.2 Å². The average Bonchev–Trinajstić information content (AvgIpc) is 2.71. The summed E-state index contributed by atoms with van der Waals surface area (Å²) in [6.45, 7) is 19.6. The number of unbranched alkanes of at least 4 members (excludes halogenated alkanes) is 1. The number of nitrogens with one attached hydrogen (secondary N) is 1. The highest BCUT2D eigenvalue weighted by molar-refractivity contribution is 7.79. The molecule has 0 bridgehead atoms. The van der Waals surface area contributed by atoms with E-state index in [1.165, 1.54) is 12.8 Å². The second kappa shape index (κ2) is 27.8. The van der Waals surface area contributed by atoms with Crippen LogP contribution in [0, 0.1) is 4.51 Å². The zero-order chi connectivity index (χ0) is 22.3. The largest absolute Gasteiger partial charge is 0.382 e. The van der Waals surface area contributed by atoms with Crippen LogP contribution >= 0.6 is 24.8 Å². The van der Waals surface area contributed by atoms with Gasteiger partial charge in [-0.3, -0.25) is 4.79 Å². The van der Waals surface area contributed by atoms with Crippen LogP contribution < -0.4 is 10.7 Å². The van der Waals surface area contributed by atoms with Crippen molar-refractivity contribution in [2.75, 3.05) is 38.3 Å². The Kier molecular flexibility index (Phi) is 35.2. The van der Waals surface area contributed by atoms with Gasteiger partial charge in [-0.15, -0.1) is 0 Å². The number of thiol groups is 1. The molecular weight excluding hydrogens is 372 g/mol. The normalized spacial score (nSPS) is 8.89. The van der Waals surface area contributed by atoms with Crippen molar-refractivity contribution >= 4 is 30.5 Å². The number of nitrogens with zero attached hydrogens (tertiary/aromatic N) is 1. The number of anilines is 1. The lowest BCUT2D eigenvalue weighted by atomic mass is 10.1. The smallest absolute Gasteiger partial charge is 0.220 e. The second-order valence-electron chi connectivity index (χ2n) is 5.51. The Labute approximate surface area is 181 Å². The molecule has 0 aliphatic heterocycles. The average molecular weight is 421 g/mol. The van der Waals surface area contributed by atoms with E-state index in [4.69, 9.17) is 12.2 Å². The number of hydrogen-bond donors (Lipinski definition) is 2. The molecule has 1 aromatic rings. The highest BCUT2D eigenvalue weighted by Gasteiger charge is 2.14. The summed E-state index contributed by atoms with van der Waals surface area (Å²) >= 11 is 8.54. The first-order valence-corrected chi connectivity index (χ1v) is 12.0. The van der Waals surface area contributed by atoms with E-state index in [0.29, 0.717) is 4.51 Å². The van der Waals surface area contributed by atoms with E-state index in [0.717, 1.165) is 50.1 Å². The number of hydrogen-bond acceptors (Lipinski definition) is 5. The van der Waals surface area contributed by atoms with Crippen molar-refractivity contribution in [1.29, 1.82) is 0 Å². The quantitative estimate of drug-likeness (QED) is 0.262. The first-order chi connectivity index (χ1) is 13.0. The summed E-state index contributed by atoms with van der Waals surface area (Å²) < 4.78 is 0.530. The Morgan fingerprint density at radius 3 is 1.85 bits per heavy atom. The molecule has 27 heavy (non-hydrogen) atoms. The molecule has 3 nitrogen and oxygen atoms in total. The monoisotopic (exact) mass is 420 g/mol. The fraction of sp³-hybridized carbons (Fsp3) is 0.818. The van der Waals surface area contributed by atoms with Gasteiger partial charge in [0.25, 0.3) is 0 Å². The Morgan fingerprint density at radius 1 is 0.963 bits per heavy atom. The van der Waals surface area contributed by atoms with E-state index in [-0.39, 0.29) is 5.43 Å². The van der Waals surface area contributed by atoms with Gasteiger partial charge in [-0.25, -0.2) is 0 Å². The molecule has 1 aromatic carbocycles. The Morgan fingerprint density at radius 2 is 1.44 bits per heavy atom. The van der Waals surface area contributed by atoms with Gasteiger partial charge in [0.05, 0.1) is 10.2 Å². The minimum Gasteiger partial charge on any atom is -0.382 e. The molecule has 164 valence electrons. The molecule has 0 atom stereocenters. The fourth-order valence-corrected chi connectivity index (χ4v) is 2.53.